The zero-order valence-electron chi connectivity index (χ0n) is 11.7. The highest BCUT2D eigenvalue weighted by Crippen LogP contribution is 2.35. The summed E-state index contributed by atoms with van der Waals surface area (Å²) >= 11 is 0. The minimum Gasteiger partial charge on any atom is -0.312 e. The molecule has 0 radical (unpaired) electrons. The zero-order valence-corrected chi connectivity index (χ0v) is 12.6. The van der Waals surface area contributed by atoms with Crippen molar-refractivity contribution in [3.8, 4) is 0 Å². The topological polar surface area (TPSA) is 49.4 Å². The molecule has 0 saturated carbocycles. The molecule has 1 saturated heterocycles. The first-order chi connectivity index (χ1) is 9.64. The second kappa shape index (κ2) is 5.58. The first kappa shape index (κ1) is 16.3. The van der Waals surface area contributed by atoms with E-state index in [2.05, 4.69) is 5.32 Å². The number of hydrogen-bond acceptors (Lipinski definition) is 3. The lowest BCUT2D eigenvalue weighted by Crippen LogP contribution is -2.51. The molecule has 1 heterocycles. The van der Waals surface area contributed by atoms with Crippen molar-refractivity contribution in [2.75, 3.05) is 19.6 Å². The summed E-state index contributed by atoms with van der Waals surface area (Å²) in [5.74, 6) is 0. The number of alkyl halides is 3. The summed E-state index contributed by atoms with van der Waals surface area (Å²) in [6.45, 7) is 4.01. The average molecular weight is 322 g/mol. The fourth-order valence-electron chi connectivity index (χ4n) is 2.46. The first-order valence-corrected chi connectivity index (χ1v) is 7.98. The van der Waals surface area contributed by atoms with Crippen LogP contribution in [0.1, 0.15) is 18.1 Å². The van der Waals surface area contributed by atoms with Gasteiger partial charge in [-0.2, -0.15) is 17.5 Å². The summed E-state index contributed by atoms with van der Waals surface area (Å²) in [4.78, 5) is -0.272. The molecule has 4 nitrogen and oxygen atoms in total. The molecule has 0 aromatic heterocycles. The molecule has 21 heavy (non-hydrogen) atoms. The van der Waals surface area contributed by atoms with Crippen molar-refractivity contribution in [3.05, 3.63) is 29.3 Å². The number of sulfonamides is 1. The number of rotatable bonds is 2. The number of halogens is 3. The second-order valence-corrected chi connectivity index (χ2v) is 7.05. The molecule has 0 aliphatic carbocycles. The van der Waals surface area contributed by atoms with Gasteiger partial charge < -0.3 is 5.32 Å². The molecule has 1 aromatic carbocycles. The number of nitrogens with zero attached hydrogens (tertiary/aromatic N) is 1. The van der Waals surface area contributed by atoms with Gasteiger partial charge in [-0.3, -0.25) is 0 Å². The number of hydrogen-bond donors (Lipinski definition) is 1. The van der Waals surface area contributed by atoms with E-state index in [1.165, 1.54) is 17.3 Å². The molecule has 118 valence electrons. The van der Waals surface area contributed by atoms with E-state index in [9.17, 15) is 21.6 Å². The highest BCUT2D eigenvalue weighted by Gasteiger charge is 2.36. The Bertz CT molecular complexity index is 629. The molecule has 0 spiro atoms. The molecular weight excluding hydrogens is 305 g/mol. The summed E-state index contributed by atoms with van der Waals surface area (Å²) < 4.78 is 65.1. The SMILES string of the molecule is Cc1c(C(F)(F)F)cccc1S(=O)(=O)N1CCN[C@H](C)C1. The quantitative estimate of drug-likeness (QED) is 0.906. The third-order valence-corrected chi connectivity index (χ3v) is 5.55. The van der Waals surface area contributed by atoms with Crippen molar-refractivity contribution in [1.82, 2.24) is 9.62 Å². The maximum Gasteiger partial charge on any atom is 0.416 e. The Morgan fingerprint density at radius 1 is 1.33 bits per heavy atom. The van der Waals surface area contributed by atoms with Crippen molar-refractivity contribution < 1.29 is 21.6 Å². The molecule has 1 aromatic rings. The maximum absolute atomic E-state index is 12.9. The summed E-state index contributed by atoms with van der Waals surface area (Å²) in [6.07, 6.45) is -4.56. The third-order valence-electron chi connectivity index (χ3n) is 3.54. The Morgan fingerprint density at radius 3 is 2.57 bits per heavy atom. The highest BCUT2D eigenvalue weighted by atomic mass is 32.2. The lowest BCUT2D eigenvalue weighted by molar-refractivity contribution is -0.138. The Kier molecular flexibility index (Phi) is 4.32. The van der Waals surface area contributed by atoms with Crippen LogP contribution < -0.4 is 5.32 Å². The van der Waals surface area contributed by atoms with E-state index in [4.69, 9.17) is 0 Å². The monoisotopic (exact) mass is 322 g/mol. The van der Waals surface area contributed by atoms with Crippen LogP contribution in [-0.4, -0.2) is 38.4 Å². The Morgan fingerprint density at radius 2 is 2.00 bits per heavy atom. The van der Waals surface area contributed by atoms with E-state index in [1.54, 1.807) is 0 Å². The molecule has 1 atom stereocenters. The van der Waals surface area contributed by atoms with Crippen LogP contribution in [0.2, 0.25) is 0 Å². The molecule has 0 amide bonds. The van der Waals surface area contributed by atoms with Crippen molar-refractivity contribution in [3.63, 3.8) is 0 Å². The van der Waals surface area contributed by atoms with Gasteiger partial charge in [0.15, 0.2) is 0 Å². The minimum atomic E-state index is -4.56. The van der Waals surface area contributed by atoms with Gasteiger partial charge in [-0.1, -0.05) is 6.07 Å². The number of nitrogens with one attached hydrogen (secondary N) is 1. The van der Waals surface area contributed by atoms with E-state index >= 15 is 0 Å². The highest BCUT2D eigenvalue weighted by molar-refractivity contribution is 7.89. The van der Waals surface area contributed by atoms with Gasteiger partial charge in [0, 0.05) is 25.7 Å². The zero-order chi connectivity index (χ0) is 15.8. The molecular formula is C13H17F3N2O2S. The lowest BCUT2D eigenvalue weighted by atomic mass is 10.1. The molecule has 0 unspecified atom stereocenters. The van der Waals surface area contributed by atoms with Crippen LogP contribution in [0.25, 0.3) is 0 Å². The fraction of sp³-hybridized carbons (Fsp3) is 0.538. The van der Waals surface area contributed by atoms with Gasteiger partial charge in [0.25, 0.3) is 0 Å². The van der Waals surface area contributed by atoms with Crippen LogP contribution in [0.5, 0.6) is 0 Å². The molecule has 2 rings (SSSR count). The van der Waals surface area contributed by atoms with Crippen LogP contribution in [-0.2, 0) is 16.2 Å². The smallest absolute Gasteiger partial charge is 0.312 e. The first-order valence-electron chi connectivity index (χ1n) is 6.54. The Balaban J connectivity index is 2.46. The van der Waals surface area contributed by atoms with Gasteiger partial charge >= 0.3 is 6.18 Å². The number of benzene rings is 1. The van der Waals surface area contributed by atoms with Crippen LogP contribution >= 0.6 is 0 Å². The number of piperazine rings is 1. The fourth-order valence-corrected chi connectivity index (χ4v) is 4.23. The van der Waals surface area contributed by atoms with Crippen molar-refractivity contribution in [1.29, 1.82) is 0 Å². The minimum absolute atomic E-state index is 0.0281. The standard InChI is InChI=1S/C13H17F3N2O2S/c1-9-8-18(7-6-17-9)21(19,20)12-5-3-4-11(10(12)2)13(14,15)16/h3-5,9,17H,6-8H2,1-2H3/t9-/m1/s1. The predicted octanol–water partition coefficient (Wildman–Crippen LogP) is 2.00. The summed E-state index contributed by atoms with van der Waals surface area (Å²) in [5.41, 5.74) is -1.16. The van der Waals surface area contributed by atoms with Crippen LogP contribution in [0.15, 0.2) is 23.1 Å². The van der Waals surface area contributed by atoms with Gasteiger partial charge in [-0.05, 0) is 31.5 Å². The van der Waals surface area contributed by atoms with Gasteiger partial charge in [0.05, 0.1) is 10.5 Å². The molecule has 0 bridgehead atoms. The Hall–Kier alpha value is -1.12. The van der Waals surface area contributed by atoms with E-state index in [0.29, 0.717) is 6.54 Å². The van der Waals surface area contributed by atoms with E-state index in [-0.39, 0.29) is 29.6 Å². The van der Waals surface area contributed by atoms with Crippen molar-refractivity contribution in [2.45, 2.75) is 31.0 Å². The average Bonchev–Trinajstić information content (AvgIpc) is 2.37. The normalized spacial score (nSPS) is 21.5. The molecule has 1 fully saturated rings. The lowest BCUT2D eigenvalue weighted by Gasteiger charge is -2.31. The van der Waals surface area contributed by atoms with Crippen molar-refractivity contribution in [2.24, 2.45) is 0 Å². The van der Waals surface area contributed by atoms with Crippen LogP contribution in [0, 0.1) is 6.92 Å². The molecule has 8 heteroatoms. The van der Waals surface area contributed by atoms with Gasteiger partial charge in [0.2, 0.25) is 10.0 Å². The van der Waals surface area contributed by atoms with Crippen molar-refractivity contribution >= 4 is 10.0 Å². The predicted molar refractivity (Wildman–Crippen MR) is 72.4 cm³/mol. The summed E-state index contributed by atoms with van der Waals surface area (Å²) in [7, 11) is -3.92. The van der Waals surface area contributed by atoms with Crippen LogP contribution in [0.3, 0.4) is 0 Å². The summed E-state index contributed by atoms with van der Waals surface area (Å²) in [5, 5.41) is 3.10. The van der Waals surface area contributed by atoms with E-state index in [0.717, 1.165) is 12.1 Å². The summed E-state index contributed by atoms with van der Waals surface area (Å²) in [6, 6.07) is 3.23. The molecule has 1 aliphatic rings. The Labute approximate surface area is 122 Å². The van der Waals surface area contributed by atoms with Gasteiger partial charge in [-0.25, -0.2) is 8.42 Å². The van der Waals surface area contributed by atoms with Gasteiger partial charge in [-0.15, -0.1) is 0 Å². The van der Waals surface area contributed by atoms with Crippen LogP contribution in [0.4, 0.5) is 13.2 Å². The maximum atomic E-state index is 12.9. The largest absolute Gasteiger partial charge is 0.416 e. The van der Waals surface area contributed by atoms with Gasteiger partial charge in [0.1, 0.15) is 0 Å². The molecule has 1 N–H and O–H groups in total. The second-order valence-electron chi connectivity index (χ2n) is 5.14. The third kappa shape index (κ3) is 3.22. The van der Waals surface area contributed by atoms with E-state index < -0.39 is 21.8 Å². The molecule has 1 aliphatic heterocycles. The van der Waals surface area contributed by atoms with E-state index in [1.807, 2.05) is 6.92 Å².